The van der Waals surface area contributed by atoms with Crippen LogP contribution >= 0.6 is 9.24 Å². The lowest BCUT2D eigenvalue weighted by Gasteiger charge is -2.21. The average molecular weight is 176 g/mol. The monoisotopic (exact) mass is 176 g/mol. The van der Waals surface area contributed by atoms with Gasteiger partial charge >= 0.3 is 0 Å². The van der Waals surface area contributed by atoms with E-state index in [1.807, 2.05) is 0 Å². The third kappa shape index (κ3) is 4.76. The Bertz CT molecular complexity index is 93.6. The minimum atomic E-state index is 0.436. The lowest BCUT2D eigenvalue weighted by molar-refractivity contribution is 0.0488. The molecule has 0 saturated carbocycles. The highest BCUT2D eigenvalue weighted by atomic mass is 31.0. The molecule has 0 aliphatic heterocycles. The van der Waals surface area contributed by atoms with E-state index in [2.05, 4.69) is 30.0 Å². The van der Waals surface area contributed by atoms with Gasteiger partial charge in [-0.25, -0.2) is 0 Å². The van der Waals surface area contributed by atoms with Crippen molar-refractivity contribution in [2.24, 2.45) is 11.8 Å². The Labute approximate surface area is 73.1 Å². The van der Waals surface area contributed by atoms with E-state index in [-0.39, 0.29) is 0 Å². The molecule has 3 atom stereocenters. The lowest BCUT2D eigenvalue weighted by atomic mass is 9.97. The van der Waals surface area contributed by atoms with Crippen molar-refractivity contribution in [2.45, 2.75) is 33.3 Å². The van der Waals surface area contributed by atoms with Crippen molar-refractivity contribution in [2.75, 3.05) is 13.3 Å². The van der Waals surface area contributed by atoms with Crippen molar-refractivity contribution in [3.8, 4) is 0 Å². The normalized spacial score (nSPS) is 16.9. The van der Waals surface area contributed by atoms with Gasteiger partial charge in [0.05, 0.1) is 6.10 Å². The Morgan fingerprint density at radius 1 is 1.27 bits per heavy atom. The molecule has 0 N–H and O–H groups in total. The highest BCUT2D eigenvalue weighted by Gasteiger charge is 2.14. The van der Waals surface area contributed by atoms with Gasteiger partial charge in [-0.2, -0.15) is 0 Å². The summed E-state index contributed by atoms with van der Waals surface area (Å²) >= 11 is 0. The van der Waals surface area contributed by atoms with Crippen LogP contribution in [-0.2, 0) is 4.74 Å². The molecule has 0 saturated heterocycles. The Hall–Kier alpha value is 0.390. The van der Waals surface area contributed by atoms with Gasteiger partial charge in [0, 0.05) is 7.11 Å². The number of hydrogen-bond donors (Lipinski definition) is 0. The molecule has 1 nitrogen and oxygen atoms in total. The summed E-state index contributed by atoms with van der Waals surface area (Å²) in [5.41, 5.74) is 0. The fourth-order valence-electron chi connectivity index (χ4n) is 1.13. The standard InChI is InChI=1S/C9H21OP/c1-7(2)9(10-4)5-8(3)6-11/h7-9H,5-6,11H2,1-4H3/t8-,9?/m1/s1. The molecular weight excluding hydrogens is 155 g/mol. The summed E-state index contributed by atoms with van der Waals surface area (Å²) in [6.45, 7) is 6.69. The molecule has 0 rings (SSSR count). The summed E-state index contributed by atoms with van der Waals surface area (Å²) in [5, 5.41) is 0. The fraction of sp³-hybridized carbons (Fsp3) is 1.00. The molecule has 2 heteroatoms. The topological polar surface area (TPSA) is 9.23 Å². The van der Waals surface area contributed by atoms with Crippen LogP contribution in [0.25, 0.3) is 0 Å². The Morgan fingerprint density at radius 2 is 1.82 bits per heavy atom. The summed E-state index contributed by atoms with van der Waals surface area (Å²) < 4.78 is 5.37. The van der Waals surface area contributed by atoms with Crippen molar-refractivity contribution < 1.29 is 4.74 Å². The molecule has 0 aromatic carbocycles. The highest BCUT2D eigenvalue weighted by Crippen LogP contribution is 2.17. The molecular formula is C9H21OP. The second kappa shape index (κ2) is 5.97. The number of ether oxygens (including phenoxy) is 1. The van der Waals surface area contributed by atoms with Crippen LogP contribution in [0, 0.1) is 11.8 Å². The second-order valence-electron chi connectivity index (χ2n) is 3.59. The molecule has 0 aliphatic rings. The fourth-order valence-corrected chi connectivity index (χ4v) is 1.33. The predicted octanol–water partition coefficient (Wildman–Crippen LogP) is 2.56. The Kier molecular flexibility index (Phi) is 6.18. The molecule has 0 bridgehead atoms. The van der Waals surface area contributed by atoms with Crippen LogP contribution in [0.5, 0.6) is 0 Å². The molecule has 0 spiro atoms. The van der Waals surface area contributed by atoms with E-state index >= 15 is 0 Å². The maximum atomic E-state index is 5.37. The van der Waals surface area contributed by atoms with Crippen LogP contribution in [0.3, 0.4) is 0 Å². The van der Waals surface area contributed by atoms with Gasteiger partial charge in [-0.3, -0.25) is 0 Å². The molecule has 68 valence electrons. The van der Waals surface area contributed by atoms with Crippen molar-refractivity contribution in [1.82, 2.24) is 0 Å². The van der Waals surface area contributed by atoms with Crippen LogP contribution < -0.4 is 0 Å². The van der Waals surface area contributed by atoms with E-state index in [1.54, 1.807) is 7.11 Å². The van der Waals surface area contributed by atoms with Crippen molar-refractivity contribution in [3.05, 3.63) is 0 Å². The molecule has 0 heterocycles. The largest absolute Gasteiger partial charge is 0.381 e. The maximum absolute atomic E-state index is 5.37. The van der Waals surface area contributed by atoms with Gasteiger partial charge in [0.25, 0.3) is 0 Å². The van der Waals surface area contributed by atoms with Gasteiger partial charge in [-0.1, -0.05) is 20.8 Å². The molecule has 0 amide bonds. The molecule has 0 aliphatic carbocycles. The van der Waals surface area contributed by atoms with E-state index in [1.165, 1.54) is 12.6 Å². The highest BCUT2D eigenvalue weighted by molar-refractivity contribution is 7.16. The van der Waals surface area contributed by atoms with E-state index in [0.717, 1.165) is 5.92 Å². The van der Waals surface area contributed by atoms with Gasteiger partial charge in [-0.15, -0.1) is 9.24 Å². The Morgan fingerprint density at radius 3 is 2.09 bits per heavy atom. The van der Waals surface area contributed by atoms with Crippen LogP contribution in [0.1, 0.15) is 27.2 Å². The number of methoxy groups -OCH3 is 1. The Balaban J connectivity index is 3.68. The molecule has 0 aromatic heterocycles. The van der Waals surface area contributed by atoms with Gasteiger partial charge in [0.2, 0.25) is 0 Å². The number of rotatable bonds is 5. The van der Waals surface area contributed by atoms with E-state index < -0.39 is 0 Å². The van der Waals surface area contributed by atoms with Crippen LogP contribution in [0.2, 0.25) is 0 Å². The van der Waals surface area contributed by atoms with Crippen molar-refractivity contribution in [1.29, 1.82) is 0 Å². The summed E-state index contributed by atoms with van der Waals surface area (Å²) in [5.74, 6) is 1.39. The van der Waals surface area contributed by atoms with E-state index in [4.69, 9.17) is 4.74 Å². The van der Waals surface area contributed by atoms with Gasteiger partial charge in [0.15, 0.2) is 0 Å². The molecule has 0 aromatic rings. The zero-order chi connectivity index (χ0) is 8.85. The van der Waals surface area contributed by atoms with Crippen LogP contribution in [-0.4, -0.2) is 19.4 Å². The lowest BCUT2D eigenvalue weighted by Crippen LogP contribution is -2.21. The minimum absolute atomic E-state index is 0.436. The molecule has 11 heavy (non-hydrogen) atoms. The van der Waals surface area contributed by atoms with Gasteiger partial charge in [0.1, 0.15) is 0 Å². The van der Waals surface area contributed by atoms with Gasteiger partial charge in [-0.05, 0) is 24.4 Å². The first-order chi connectivity index (χ1) is 5.11. The van der Waals surface area contributed by atoms with E-state index in [9.17, 15) is 0 Å². The minimum Gasteiger partial charge on any atom is -0.381 e. The van der Waals surface area contributed by atoms with Gasteiger partial charge < -0.3 is 4.74 Å². The smallest absolute Gasteiger partial charge is 0.0596 e. The average Bonchev–Trinajstić information content (AvgIpc) is 1.99. The SMILES string of the molecule is COC(C[C@@H](C)CP)C(C)C. The van der Waals surface area contributed by atoms with Crippen molar-refractivity contribution in [3.63, 3.8) is 0 Å². The second-order valence-corrected chi connectivity index (χ2v) is 4.07. The first kappa shape index (κ1) is 11.4. The molecule has 0 fully saturated rings. The molecule has 0 radical (unpaired) electrons. The third-order valence-corrected chi connectivity index (χ3v) is 2.89. The summed E-state index contributed by atoms with van der Waals surface area (Å²) in [6, 6.07) is 0. The third-order valence-electron chi connectivity index (χ3n) is 2.08. The number of hydrogen-bond acceptors (Lipinski definition) is 1. The zero-order valence-corrected chi connectivity index (χ0v) is 9.29. The van der Waals surface area contributed by atoms with Crippen LogP contribution in [0.4, 0.5) is 0 Å². The molecule has 2 unspecified atom stereocenters. The van der Waals surface area contributed by atoms with E-state index in [0.29, 0.717) is 12.0 Å². The quantitative estimate of drug-likeness (QED) is 0.585. The first-order valence-electron chi connectivity index (χ1n) is 4.34. The first-order valence-corrected chi connectivity index (χ1v) is 5.16. The summed E-state index contributed by atoms with van der Waals surface area (Å²) in [4.78, 5) is 0. The summed E-state index contributed by atoms with van der Waals surface area (Å²) in [7, 11) is 4.59. The zero-order valence-electron chi connectivity index (χ0n) is 8.13. The predicted molar refractivity (Wildman–Crippen MR) is 54.0 cm³/mol. The maximum Gasteiger partial charge on any atom is 0.0596 e. The van der Waals surface area contributed by atoms with Crippen LogP contribution in [0.15, 0.2) is 0 Å². The summed E-state index contributed by atoms with van der Waals surface area (Å²) in [6.07, 6.45) is 2.79. The van der Waals surface area contributed by atoms with Crippen molar-refractivity contribution >= 4 is 9.24 Å².